The van der Waals surface area contributed by atoms with Crippen molar-refractivity contribution >= 4 is 5.91 Å². The van der Waals surface area contributed by atoms with E-state index >= 15 is 0 Å². The minimum absolute atomic E-state index is 0.00520. The third-order valence-electron chi connectivity index (χ3n) is 6.89. The average Bonchev–Trinajstić information content (AvgIpc) is 2.68. The predicted molar refractivity (Wildman–Crippen MR) is 108 cm³/mol. The van der Waals surface area contributed by atoms with E-state index in [1.54, 1.807) is 0 Å². The van der Waals surface area contributed by atoms with Crippen molar-refractivity contribution in [3.8, 4) is 6.07 Å². The number of hydrogen-bond acceptors (Lipinski definition) is 7. The van der Waals surface area contributed by atoms with E-state index in [-0.39, 0.29) is 41.8 Å². The fraction of sp³-hybridized carbons (Fsp3) is 0.900. The Kier molecular flexibility index (Phi) is 6.94. The molecule has 7 N–H and O–H groups in total. The first kappa shape index (κ1) is 21.5. The molecule has 1 saturated carbocycles. The van der Waals surface area contributed by atoms with E-state index in [0.29, 0.717) is 12.5 Å². The summed E-state index contributed by atoms with van der Waals surface area (Å²) in [4.78, 5) is 14.4. The minimum atomic E-state index is -0.322. The van der Waals surface area contributed by atoms with Gasteiger partial charge in [-0.2, -0.15) is 5.26 Å². The number of carbonyl (C=O) groups is 1. The van der Waals surface area contributed by atoms with Crippen LogP contribution < -0.4 is 27.4 Å². The van der Waals surface area contributed by atoms with Gasteiger partial charge in [-0.25, -0.2) is 0 Å². The Morgan fingerprint density at radius 3 is 2.75 bits per heavy atom. The lowest BCUT2D eigenvalue weighted by molar-refractivity contribution is -0.124. The van der Waals surface area contributed by atoms with E-state index in [1.807, 2.05) is 13.8 Å². The van der Waals surface area contributed by atoms with Gasteiger partial charge in [0.05, 0.1) is 23.6 Å². The molecule has 8 nitrogen and oxygen atoms in total. The van der Waals surface area contributed by atoms with Crippen LogP contribution in [0.4, 0.5) is 0 Å². The first-order chi connectivity index (χ1) is 13.3. The van der Waals surface area contributed by atoms with E-state index in [1.165, 1.54) is 0 Å². The Morgan fingerprint density at radius 1 is 1.29 bits per heavy atom. The molecule has 3 rings (SSSR count). The lowest BCUT2D eigenvalue weighted by atomic mass is 9.70. The SMILES string of the molecule is CC(C)(C#N)C1CCCC(NC2NC(N3CCC[C@H](N)C3)NCC2C(N)=O)C1. The molecule has 2 saturated heterocycles. The van der Waals surface area contributed by atoms with Gasteiger partial charge in [-0.05, 0) is 51.9 Å². The molecule has 0 aromatic carbocycles. The van der Waals surface area contributed by atoms with Gasteiger partial charge in [0, 0.05) is 31.7 Å². The molecule has 1 aliphatic carbocycles. The van der Waals surface area contributed by atoms with E-state index in [0.717, 1.165) is 51.6 Å². The summed E-state index contributed by atoms with van der Waals surface area (Å²) in [6, 6.07) is 2.95. The summed E-state index contributed by atoms with van der Waals surface area (Å²) in [5, 5.41) is 20.2. The number of rotatable bonds is 5. The number of hydrogen-bond donors (Lipinski definition) is 5. The summed E-state index contributed by atoms with van der Waals surface area (Å²) >= 11 is 0. The maximum atomic E-state index is 12.0. The zero-order valence-corrected chi connectivity index (χ0v) is 17.3. The molecule has 158 valence electrons. The first-order valence-electron chi connectivity index (χ1n) is 10.8. The van der Waals surface area contributed by atoms with Crippen molar-refractivity contribution in [1.82, 2.24) is 20.9 Å². The molecule has 0 aromatic heterocycles. The third kappa shape index (κ3) is 5.02. The Morgan fingerprint density at radius 2 is 2.07 bits per heavy atom. The second-order valence-corrected chi connectivity index (χ2v) is 9.42. The van der Waals surface area contributed by atoms with Crippen molar-refractivity contribution in [2.75, 3.05) is 19.6 Å². The fourth-order valence-electron chi connectivity index (χ4n) is 4.98. The van der Waals surface area contributed by atoms with Crippen molar-refractivity contribution in [2.24, 2.45) is 28.7 Å². The molecule has 0 bridgehead atoms. The van der Waals surface area contributed by atoms with Crippen molar-refractivity contribution in [1.29, 1.82) is 5.26 Å². The lowest BCUT2D eigenvalue weighted by Crippen LogP contribution is -2.72. The van der Waals surface area contributed by atoms with Crippen LogP contribution in [-0.4, -0.2) is 55.0 Å². The Labute approximate surface area is 168 Å². The van der Waals surface area contributed by atoms with Gasteiger partial charge in [-0.3, -0.25) is 25.6 Å². The molecule has 0 aromatic rings. The molecule has 1 amide bonds. The maximum absolute atomic E-state index is 12.0. The van der Waals surface area contributed by atoms with Gasteiger partial charge in [0.2, 0.25) is 5.91 Å². The second kappa shape index (κ2) is 9.06. The molecule has 0 radical (unpaired) electrons. The fourth-order valence-corrected chi connectivity index (χ4v) is 4.98. The van der Waals surface area contributed by atoms with Crippen molar-refractivity contribution in [3.05, 3.63) is 0 Å². The zero-order valence-electron chi connectivity index (χ0n) is 17.3. The molecule has 28 heavy (non-hydrogen) atoms. The highest BCUT2D eigenvalue weighted by molar-refractivity contribution is 5.77. The van der Waals surface area contributed by atoms with Crippen LogP contribution in [0, 0.1) is 28.6 Å². The average molecular weight is 392 g/mol. The van der Waals surface area contributed by atoms with Crippen molar-refractivity contribution in [2.45, 2.75) is 76.9 Å². The van der Waals surface area contributed by atoms with Crippen LogP contribution >= 0.6 is 0 Å². The Bertz CT molecular complexity index is 590. The number of nitrogens with two attached hydrogens (primary N) is 2. The van der Waals surface area contributed by atoms with Gasteiger partial charge in [0.15, 0.2) is 0 Å². The molecule has 2 heterocycles. The number of piperidine rings is 1. The number of likely N-dealkylation sites (tertiary alicyclic amines) is 1. The van der Waals surface area contributed by atoms with Crippen molar-refractivity contribution < 1.29 is 4.79 Å². The van der Waals surface area contributed by atoms with E-state index in [2.05, 4.69) is 26.9 Å². The minimum Gasteiger partial charge on any atom is -0.369 e. The summed E-state index contributed by atoms with van der Waals surface area (Å²) in [5.41, 5.74) is 11.5. The predicted octanol–water partition coefficient (Wildman–Crippen LogP) is 0.0117. The lowest BCUT2D eigenvalue weighted by Gasteiger charge is -2.46. The molecule has 3 aliphatic rings. The second-order valence-electron chi connectivity index (χ2n) is 9.42. The maximum Gasteiger partial charge on any atom is 0.224 e. The number of nitrogens with zero attached hydrogens (tertiary/aromatic N) is 2. The highest BCUT2D eigenvalue weighted by atomic mass is 16.1. The number of amides is 1. The smallest absolute Gasteiger partial charge is 0.224 e. The van der Waals surface area contributed by atoms with Crippen LogP contribution in [0.15, 0.2) is 0 Å². The summed E-state index contributed by atoms with van der Waals surface area (Å²) in [5.74, 6) is -0.233. The van der Waals surface area contributed by atoms with Gasteiger partial charge in [-0.15, -0.1) is 0 Å². The van der Waals surface area contributed by atoms with Crippen LogP contribution in [0.1, 0.15) is 52.4 Å². The summed E-state index contributed by atoms with van der Waals surface area (Å²) < 4.78 is 0. The molecule has 6 atom stereocenters. The quantitative estimate of drug-likeness (QED) is 0.446. The first-order valence-corrected chi connectivity index (χ1v) is 10.8. The Balaban J connectivity index is 1.64. The highest BCUT2D eigenvalue weighted by Crippen LogP contribution is 2.38. The van der Waals surface area contributed by atoms with Gasteiger partial charge >= 0.3 is 0 Å². The largest absolute Gasteiger partial charge is 0.369 e. The third-order valence-corrected chi connectivity index (χ3v) is 6.89. The van der Waals surface area contributed by atoms with E-state index in [9.17, 15) is 10.1 Å². The number of primary amides is 1. The molecule has 5 unspecified atom stereocenters. The number of nitrogens with one attached hydrogen (secondary N) is 3. The monoisotopic (exact) mass is 391 g/mol. The van der Waals surface area contributed by atoms with Crippen LogP contribution in [-0.2, 0) is 4.79 Å². The summed E-state index contributed by atoms with van der Waals surface area (Å²) in [6.07, 6.45) is 6.19. The highest BCUT2D eigenvalue weighted by Gasteiger charge is 2.39. The van der Waals surface area contributed by atoms with Crippen LogP contribution in [0.5, 0.6) is 0 Å². The molecular weight excluding hydrogens is 354 g/mol. The van der Waals surface area contributed by atoms with Gasteiger partial charge in [0.25, 0.3) is 0 Å². The van der Waals surface area contributed by atoms with Crippen LogP contribution in [0.2, 0.25) is 0 Å². The summed E-state index contributed by atoms with van der Waals surface area (Å²) in [6.45, 7) is 6.46. The van der Waals surface area contributed by atoms with Gasteiger partial charge in [0.1, 0.15) is 6.29 Å². The van der Waals surface area contributed by atoms with Gasteiger partial charge < -0.3 is 11.5 Å². The van der Waals surface area contributed by atoms with E-state index in [4.69, 9.17) is 11.5 Å². The van der Waals surface area contributed by atoms with Gasteiger partial charge in [-0.1, -0.05) is 6.42 Å². The molecule has 2 aliphatic heterocycles. The number of carbonyl (C=O) groups excluding carboxylic acids is 1. The van der Waals surface area contributed by atoms with Crippen LogP contribution in [0.25, 0.3) is 0 Å². The molecule has 3 fully saturated rings. The topological polar surface area (TPSA) is 132 Å². The normalized spacial score (nSPS) is 37.9. The number of nitriles is 1. The molecule has 0 spiro atoms. The van der Waals surface area contributed by atoms with Crippen LogP contribution in [0.3, 0.4) is 0 Å². The Hall–Kier alpha value is -1.24. The molecule has 8 heteroatoms. The van der Waals surface area contributed by atoms with E-state index < -0.39 is 0 Å². The van der Waals surface area contributed by atoms with Crippen molar-refractivity contribution in [3.63, 3.8) is 0 Å². The summed E-state index contributed by atoms with van der Waals surface area (Å²) in [7, 11) is 0. The molecular formula is C20H37N7O. The standard InChI is InChI=1S/C20H37N7O/c1-20(2,12-21)13-5-3-7-15(9-13)25-18-16(17(23)28)10-24-19(26-18)27-8-4-6-14(22)11-27/h13-16,18-19,24-26H,3-11,22H2,1-2H3,(H2,23,28)/t13?,14-,15?,16?,18?,19?/m0/s1. The zero-order chi connectivity index (χ0) is 20.3.